The Morgan fingerprint density at radius 3 is 2.42 bits per heavy atom. The molecular weight excluding hydrogens is 152 g/mol. The molecule has 0 spiro atoms. The minimum absolute atomic E-state index is 0.579. The van der Waals surface area contributed by atoms with Crippen molar-refractivity contribution in [1.82, 2.24) is 10.2 Å². The van der Waals surface area contributed by atoms with E-state index in [2.05, 4.69) is 10.2 Å². The SMILES string of the molecule is CC.Cc1cc(C2(O)CC2)n[nH]1. The molecule has 2 rings (SSSR count). The summed E-state index contributed by atoms with van der Waals surface area (Å²) in [6, 6.07) is 1.90. The van der Waals surface area contributed by atoms with Crippen LogP contribution in [0.2, 0.25) is 0 Å². The first-order valence-electron chi connectivity index (χ1n) is 4.46. The fourth-order valence-electron chi connectivity index (χ4n) is 1.03. The maximum Gasteiger partial charge on any atom is 0.109 e. The molecule has 0 unspecified atom stereocenters. The maximum absolute atomic E-state index is 9.53. The third-order valence-corrected chi connectivity index (χ3v) is 1.91. The van der Waals surface area contributed by atoms with Gasteiger partial charge in [-0.05, 0) is 25.8 Å². The van der Waals surface area contributed by atoms with Crippen LogP contribution in [0.3, 0.4) is 0 Å². The molecule has 0 amide bonds. The molecule has 1 aliphatic carbocycles. The summed E-state index contributed by atoms with van der Waals surface area (Å²) < 4.78 is 0. The molecule has 68 valence electrons. The van der Waals surface area contributed by atoms with Gasteiger partial charge in [-0.15, -0.1) is 0 Å². The van der Waals surface area contributed by atoms with Crippen LogP contribution in [0.25, 0.3) is 0 Å². The summed E-state index contributed by atoms with van der Waals surface area (Å²) in [4.78, 5) is 0. The Kier molecular flexibility index (Phi) is 2.52. The molecular formula is C9H16N2O. The largest absolute Gasteiger partial charge is 0.383 e. The summed E-state index contributed by atoms with van der Waals surface area (Å²) in [5, 5.41) is 16.3. The van der Waals surface area contributed by atoms with E-state index in [0.29, 0.717) is 0 Å². The molecule has 1 heterocycles. The molecule has 2 N–H and O–H groups in total. The molecule has 12 heavy (non-hydrogen) atoms. The second kappa shape index (κ2) is 3.27. The number of hydrogen-bond acceptors (Lipinski definition) is 2. The summed E-state index contributed by atoms with van der Waals surface area (Å²) in [7, 11) is 0. The Morgan fingerprint density at radius 2 is 2.08 bits per heavy atom. The summed E-state index contributed by atoms with van der Waals surface area (Å²) in [5.74, 6) is 0. The minimum Gasteiger partial charge on any atom is -0.383 e. The fourth-order valence-corrected chi connectivity index (χ4v) is 1.03. The molecule has 1 fully saturated rings. The molecule has 1 aliphatic rings. The fraction of sp³-hybridized carbons (Fsp3) is 0.667. The molecule has 0 bridgehead atoms. The highest BCUT2D eigenvalue weighted by Gasteiger charge is 2.44. The quantitative estimate of drug-likeness (QED) is 0.670. The zero-order valence-corrected chi connectivity index (χ0v) is 7.89. The highest BCUT2D eigenvalue weighted by atomic mass is 16.3. The van der Waals surface area contributed by atoms with E-state index in [1.807, 2.05) is 26.8 Å². The number of aromatic nitrogens is 2. The van der Waals surface area contributed by atoms with Crippen LogP contribution in [0.1, 0.15) is 38.1 Å². The number of rotatable bonds is 1. The van der Waals surface area contributed by atoms with Crippen LogP contribution in [0.5, 0.6) is 0 Å². The monoisotopic (exact) mass is 168 g/mol. The van der Waals surface area contributed by atoms with Gasteiger partial charge in [-0.1, -0.05) is 13.8 Å². The standard InChI is InChI=1S/C7H10N2O.C2H6/c1-5-4-6(9-8-5)7(10)2-3-7;1-2/h4,10H,2-3H2,1H3,(H,8,9);1-2H3. The van der Waals surface area contributed by atoms with E-state index >= 15 is 0 Å². The van der Waals surface area contributed by atoms with Crippen molar-refractivity contribution in [2.75, 3.05) is 0 Å². The zero-order chi connectivity index (χ0) is 9.19. The predicted octanol–water partition coefficient (Wildman–Crippen LogP) is 1.73. The number of aromatic amines is 1. The van der Waals surface area contributed by atoms with Gasteiger partial charge in [-0.3, -0.25) is 5.10 Å². The van der Waals surface area contributed by atoms with Crippen molar-refractivity contribution in [3.05, 3.63) is 17.5 Å². The number of aliphatic hydroxyl groups is 1. The van der Waals surface area contributed by atoms with E-state index in [9.17, 15) is 5.11 Å². The topological polar surface area (TPSA) is 48.9 Å². The number of H-pyrrole nitrogens is 1. The van der Waals surface area contributed by atoms with E-state index in [4.69, 9.17) is 0 Å². The number of aryl methyl sites for hydroxylation is 1. The normalized spacial score (nSPS) is 18.0. The van der Waals surface area contributed by atoms with Crippen molar-refractivity contribution < 1.29 is 5.11 Å². The zero-order valence-electron chi connectivity index (χ0n) is 7.89. The predicted molar refractivity (Wildman–Crippen MR) is 47.8 cm³/mol. The molecule has 1 saturated carbocycles. The molecule has 3 nitrogen and oxygen atoms in total. The van der Waals surface area contributed by atoms with E-state index in [1.165, 1.54) is 0 Å². The molecule has 0 aliphatic heterocycles. The lowest BCUT2D eigenvalue weighted by molar-refractivity contribution is 0.146. The average Bonchev–Trinajstić information content (AvgIpc) is 2.66. The molecule has 0 aromatic carbocycles. The van der Waals surface area contributed by atoms with Gasteiger partial charge in [0.25, 0.3) is 0 Å². The van der Waals surface area contributed by atoms with E-state index < -0.39 is 5.60 Å². The maximum atomic E-state index is 9.53. The highest BCUT2D eigenvalue weighted by molar-refractivity contribution is 5.20. The van der Waals surface area contributed by atoms with Gasteiger partial charge in [0.05, 0.1) is 5.69 Å². The van der Waals surface area contributed by atoms with Crippen LogP contribution >= 0.6 is 0 Å². The molecule has 0 saturated heterocycles. The Hall–Kier alpha value is -0.830. The van der Waals surface area contributed by atoms with Crippen LogP contribution in [-0.4, -0.2) is 15.3 Å². The van der Waals surface area contributed by atoms with Gasteiger partial charge < -0.3 is 5.11 Å². The third-order valence-electron chi connectivity index (χ3n) is 1.91. The first-order valence-corrected chi connectivity index (χ1v) is 4.46. The summed E-state index contributed by atoms with van der Waals surface area (Å²) in [5.41, 5.74) is 1.23. The smallest absolute Gasteiger partial charge is 0.109 e. The van der Waals surface area contributed by atoms with E-state index in [0.717, 1.165) is 24.2 Å². The van der Waals surface area contributed by atoms with Crippen molar-refractivity contribution >= 4 is 0 Å². The molecule has 1 aromatic rings. The summed E-state index contributed by atoms with van der Waals surface area (Å²) >= 11 is 0. The minimum atomic E-state index is -0.579. The number of hydrogen-bond donors (Lipinski definition) is 2. The van der Waals surface area contributed by atoms with Crippen LogP contribution in [0.15, 0.2) is 6.07 Å². The Morgan fingerprint density at radius 1 is 1.50 bits per heavy atom. The molecule has 3 heteroatoms. The average molecular weight is 168 g/mol. The van der Waals surface area contributed by atoms with Gasteiger partial charge >= 0.3 is 0 Å². The summed E-state index contributed by atoms with van der Waals surface area (Å²) in [6.45, 7) is 5.93. The van der Waals surface area contributed by atoms with Crippen molar-refractivity contribution in [1.29, 1.82) is 0 Å². The van der Waals surface area contributed by atoms with Crippen LogP contribution < -0.4 is 0 Å². The third kappa shape index (κ3) is 1.67. The Balaban J connectivity index is 0.000000336. The number of nitrogens with one attached hydrogen (secondary N) is 1. The van der Waals surface area contributed by atoms with Crippen LogP contribution in [0.4, 0.5) is 0 Å². The van der Waals surface area contributed by atoms with Crippen LogP contribution in [0, 0.1) is 6.92 Å². The Bertz CT molecular complexity index is 251. The van der Waals surface area contributed by atoms with Crippen molar-refractivity contribution in [2.45, 2.75) is 39.2 Å². The van der Waals surface area contributed by atoms with Gasteiger partial charge in [0.1, 0.15) is 5.60 Å². The first kappa shape index (κ1) is 9.26. The van der Waals surface area contributed by atoms with Crippen molar-refractivity contribution in [3.8, 4) is 0 Å². The first-order chi connectivity index (χ1) is 5.71. The lowest BCUT2D eigenvalue weighted by atomic mass is 10.2. The number of nitrogens with zero attached hydrogens (tertiary/aromatic N) is 1. The van der Waals surface area contributed by atoms with Gasteiger partial charge in [0.15, 0.2) is 0 Å². The summed E-state index contributed by atoms with van der Waals surface area (Å²) in [6.07, 6.45) is 1.72. The van der Waals surface area contributed by atoms with Gasteiger partial charge in [-0.2, -0.15) is 5.10 Å². The van der Waals surface area contributed by atoms with Crippen LogP contribution in [-0.2, 0) is 5.60 Å². The van der Waals surface area contributed by atoms with E-state index in [-0.39, 0.29) is 0 Å². The lowest BCUT2D eigenvalue weighted by Gasteiger charge is -1.99. The highest BCUT2D eigenvalue weighted by Crippen LogP contribution is 2.44. The second-order valence-electron chi connectivity index (χ2n) is 2.97. The van der Waals surface area contributed by atoms with E-state index in [1.54, 1.807) is 0 Å². The molecule has 0 atom stereocenters. The second-order valence-corrected chi connectivity index (χ2v) is 2.97. The molecule has 0 radical (unpaired) electrons. The van der Waals surface area contributed by atoms with Crippen molar-refractivity contribution in [3.63, 3.8) is 0 Å². The van der Waals surface area contributed by atoms with Crippen molar-refractivity contribution in [2.24, 2.45) is 0 Å². The van der Waals surface area contributed by atoms with Gasteiger partial charge in [0.2, 0.25) is 0 Å². The van der Waals surface area contributed by atoms with Gasteiger partial charge in [-0.25, -0.2) is 0 Å². The molecule has 1 aromatic heterocycles. The Labute approximate surface area is 72.8 Å². The van der Waals surface area contributed by atoms with Gasteiger partial charge in [0, 0.05) is 5.69 Å². The lowest BCUT2D eigenvalue weighted by Crippen LogP contribution is -2.03.